The molecule has 1 saturated heterocycles. The van der Waals surface area contributed by atoms with Crippen LogP contribution in [-0.2, 0) is 4.79 Å². The summed E-state index contributed by atoms with van der Waals surface area (Å²) in [7, 11) is 1.98. The lowest BCUT2D eigenvalue weighted by atomic mass is 9.91. The van der Waals surface area contributed by atoms with E-state index in [1.165, 1.54) is 13.0 Å². The van der Waals surface area contributed by atoms with Gasteiger partial charge >= 0.3 is 0 Å². The normalized spacial score (nSPS) is 25.1. The fraction of sp³-hybridized carbons (Fsp3) is 0.938. The molecule has 3 heteroatoms. The molecular weight excluding hydrogens is 236 g/mol. The second-order valence-electron chi connectivity index (χ2n) is 6.92. The van der Waals surface area contributed by atoms with Crippen LogP contribution in [0.15, 0.2) is 0 Å². The molecule has 1 fully saturated rings. The SMILES string of the molecule is CC(C)CCN1CC[C@@H](N(C)C(=O)C(C)C)[C@H](C)C1. The Labute approximate surface area is 119 Å². The van der Waals surface area contributed by atoms with Gasteiger partial charge in [-0.1, -0.05) is 34.6 Å². The van der Waals surface area contributed by atoms with Gasteiger partial charge in [0.15, 0.2) is 0 Å². The Kier molecular flexibility index (Phi) is 6.31. The predicted octanol–water partition coefficient (Wildman–Crippen LogP) is 2.86. The number of nitrogens with zero attached hydrogens (tertiary/aromatic N) is 2. The molecule has 1 amide bonds. The Bertz CT molecular complexity index is 288. The van der Waals surface area contributed by atoms with Crippen molar-refractivity contribution in [1.29, 1.82) is 0 Å². The summed E-state index contributed by atoms with van der Waals surface area (Å²) in [5, 5.41) is 0. The van der Waals surface area contributed by atoms with E-state index in [4.69, 9.17) is 0 Å². The highest BCUT2D eigenvalue weighted by Gasteiger charge is 2.31. The van der Waals surface area contributed by atoms with E-state index in [1.807, 2.05) is 25.8 Å². The summed E-state index contributed by atoms with van der Waals surface area (Å²) in [5.74, 6) is 1.75. The summed E-state index contributed by atoms with van der Waals surface area (Å²) in [4.78, 5) is 16.7. The molecule has 1 aliphatic heterocycles. The lowest BCUT2D eigenvalue weighted by Gasteiger charge is -2.42. The Morgan fingerprint density at radius 2 is 1.95 bits per heavy atom. The zero-order valence-electron chi connectivity index (χ0n) is 13.6. The first-order valence-corrected chi connectivity index (χ1v) is 7.82. The summed E-state index contributed by atoms with van der Waals surface area (Å²) < 4.78 is 0. The van der Waals surface area contributed by atoms with Crippen LogP contribution in [-0.4, -0.2) is 48.4 Å². The molecule has 2 atom stereocenters. The van der Waals surface area contributed by atoms with Crippen LogP contribution < -0.4 is 0 Å². The third-order valence-electron chi connectivity index (χ3n) is 4.31. The standard InChI is InChI=1S/C16H32N2O/c1-12(2)7-9-18-10-8-15(14(5)11-18)17(6)16(19)13(3)4/h12-15H,7-11H2,1-6H3/t14-,15-/m1/s1. The van der Waals surface area contributed by atoms with Crippen LogP contribution in [0.4, 0.5) is 0 Å². The fourth-order valence-electron chi connectivity index (χ4n) is 3.01. The fourth-order valence-corrected chi connectivity index (χ4v) is 3.01. The minimum Gasteiger partial charge on any atom is -0.342 e. The van der Waals surface area contributed by atoms with Gasteiger partial charge < -0.3 is 9.80 Å². The number of carbonyl (C=O) groups excluding carboxylic acids is 1. The van der Waals surface area contributed by atoms with Crippen LogP contribution >= 0.6 is 0 Å². The van der Waals surface area contributed by atoms with Crippen LogP contribution in [0.25, 0.3) is 0 Å². The predicted molar refractivity (Wildman–Crippen MR) is 81.1 cm³/mol. The average Bonchev–Trinajstić information content (AvgIpc) is 2.34. The first kappa shape index (κ1) is 16.5. The van der Waals surface area contributed by atoms with Crippen molar-refractivity contribution >= 4 is 5.91 Å². The van der Waals surface area contributed by atoms with Gasteiger partial charge in [0, 0.05) is 32.1 Å². The Morgan fingerprint density at radius 3 is 2.42 bits per heavy atom. The maximum absolute atomic E-state index is 12.1. The summed E-state index contributed by atoms with van der Waals surface area (Å²) in [6, 6.07) is 0.421. The summed E-state index contributed by atoms with van der Waals surface area (Å²) in [5.41, 5.74) is 0. The molecular formula is C16H32N2O. The van der Waals surface area contributed by atoms with Crippen LogP contribution in [0.2, 0.25) is 0 Å². The molecule has 0 radical (unpaired) electrons. The molecule has 0 unspecified atom stereocenters. The zero-order valence-corrected chi connectivity index (χ0v) is 13.6. The number of hydrogen-bond donors (Lipinski definition) is 0. The summed E-state index contributed by atoms with van der Waals surface area (Å²) in [6.07, 6.45) is 2.40. The smallest absolute Gasteiger partial charge is 0.225 e. The first-order chi connectivity index (χ1) is 8.82. The van der Waals surface area contributed by atoms with E-state index < -0.39 is 0 Å². The Morgan fingerprint density at radius 1 is 1.32 bits per heavy atom. The third-order valence-corrected chi connectivity index (χ3v) is 4.31. The van der Waals surface area contributed by atoms with E-state index in [0.29, 0.717) is 12.0 Å². The van der Waals surface area contributed by atoms with Crippen molar-refractivity contribution in [2.24, 2.45) is 17.8 Å². The van der Waals surface area contributed by atoms with E-state index >= 15 is 0 Å². The molecule has 0 bridgehead atoms. The number of rotatable bonds is 5. The van der Waals surface area contributed by atoms with Crippen molar-refractivity contribution in [3.63, 3.8) is 0 Å². The Balaban J connectivity index is 2.47. The molecule has 1 heterocycles. The molecule has 19 heavy (non-hydrogen) atoms. The van der Waals surface area contributed by atoms with Gasteiger partial charge in [-0.25, -0.2) is 0 Å². The molecule has 0 saturated carbocycles. The van der Waals surface area contributed by atoms with E-state index in [9.17, 15) is 4.79 Å². The van der Waals surface area contributed by atoms with Crippen molar-refractivity contribution in [1.82, 2.24) is 9.80 Å². The maximum Gasteiger partial charge on any atom is 0.225 e. The molecule has 0 aliphatic carbocycles. The van der Waals surface area contributed by atoms with E-state index in [-0.39, 0.29) is 11.8 Å². The largest absolute Gasteiger partial charge is 0.342 e. The van der Waals surface area contributed by atoms with E-state index in [2.05, 4.69) is 25.7 Å². The lowest BCUT2D eigenvalue weighted by Crippen LogP contribution is -2.51. The average molecular weight is 268 g/mol. The number of amides is 1. The van der Waals surface area contributed by atoms with Gasteiger partial charge in [-0.05, 0) is 31.2 Å². The van der Waals surface area contributed by atoms with Gasteiger partial charge in [-0.3, -0.25) is 4.79 Å². The topological polar surface area (TPSA) is 23.6 Å². The summed E-state index contributed by atoms with van der Waals surface area (Å²) in [6.45, 7) is 14.3. The van der Waals surface area contributed by atoms with Crippen LogP contribution in [0, 0.1) is 17.8 Å². The van der Waals surface area contributed by atoms with Crippen molar-refractivity contribution < 1.29 is 4.79 Å². The van der Waals surface area contributed by atoms with Crippen molar-refractivity contribution in [2.75, 3.05) is 26.7 Å². The molecule has 1 rings (SSSR count). The first-order valence-electron chi connectivity index (χ1n) is 7.82. The Hall–Kier alpha value is -0.570. The quantitative estimate of drug-likeness (QED) is 0.765. The van der Waals surface area contributed by atoms with Gasteiger partial charge in [-0.2, -0.15) is 0 Å². The molecule has 0 N–H and O–H groups in total. The number of hydrogen-bond acceptors (Lipinski definition) is 2. The molecule has 1 aliphatic rings. The number of carbonyl (C=O) groups is 1. The van der Waals surface area contributed by atoms with Crippen molar-refractivity contribution in [3.8, 4) is 0 Å². The second-order valence-corrected chi connectivity index (χ2v) is 6.92. The molecule has 0 aromatic heterocycles. The van der Waals surface area contributed by atoms with Crippen LogP contribution in [0.3, 0.4) is 0 Å². The lowest BCUT2D eigenvalue weighted by molar-refractivity contribution is -0.137. The van der Waals surface area contributed by atoms with Gasteiger partial charge in [0.2, 0.25) is 5.91 Å². The van der Waals surface area contributed by atoms with E-state index in [0.717, 1.165) is 25.4 Å². The number of piperidine rings is 1. The molecule has 0 spiro atoms. The highest BCUT2D eigenvalue weighted by molar-refractivity contribution is 5.78. The molecule has 0 aromatic rings. The monoisotopic (exact) mass is 268 g/mol. The van der Waals surface area contributed by atoms with E-state index in [1.54, 1.807) is 0 Å². The highest BCUT2D eigenvalue weighted by atomic mass is 16.2. The minimum absolute atomic E-state index is 0.108. The van der Waals surface area contributed by atoms with Crippen molar-refractivity contribution in [2.45, 2.75) is 53.5 Å². The minimum atomic E-state index is 0.108. The van der Waals surface area contributed by atoms with Gasteiger partial charge in [-0.15, -0.1) is 0 Å². The van der Waals surface area contributed by atoms with Crippen molar-refractivity contribution in [3.05, 3.63) is 0 Å². The summed E-state index contributed by atoms with van der Waals surface area (Å²) >= 11 is 0. The van der Waals surface area contributed by atoms with Crippen LogP contribution in [0.5, 0.6) is 0 Å². The van der Waals surface area contributed by atoms with Gasteiger partial charge in [0.05, 0.1) is 0 Å². The molecule has 112 valence electrons. The number of likely N-dealkylation sites (tertiary alicyclic amines) is 1. The maximum atomic E-state index is 12.1. The zero-order chi connectivity index (χ0) is 14.6. The second kappa shape index (κ2) is 7.28. The molecule has 0 aromatic carbocycles. The molecule has 3 nitrogen and oxygen atoms in total. The third kappa shape index (κ3) is 4.79. The van der Waals surface area contributed by atoms with Gasteiger partial charge in [0.25, 0.3) is 0 Å². The highest BCUT2D eigenvalue weighted by Crippen LogP contribution is 2.23. The van der Waals surface area contributed by atoms with Gasteiger partial charge in [0.1, 0.15) is 0 Å². The van der Waals surface area contributed by atoms with Crippen LogP contribution in [0.1, 0.15) is 47.5 Å².